The molecule has 6 nitrogen and oxygen atoms in total. The van der Waals surface area contributed by atoms with Gasteiger partial charge in [0.05, 0.1) is 13.7 Å². The van der Waals surface area contributed by atoms with Crippen LogP contribution >= 0.6 is 0 Å². The molecule has 0 atom stereocenters. The lowest BCUT2D eigenvalue weighted by molar-refractivity contribution is -0.0754. The summed E-state index contributed by atoms with van der Waals surface area (Å²) in [6, 6.07) is 0. The monoisotopic (exact) mass is 159 g/mol. The van der Waals surface area contributed by atoms with E-state index in [9.17, 15) is 0 Å². The van der Waals surface area contributed by atoms with Crippen molar-refractivity contribution in [1.82, 2.24) is 15.2 Å². The Bertz CT molecular complexity index is 223. The Morgan fingerprint density at radius 3 is 2.91 bits per heavy atom. The fraction of sp³-hybridized carbons (Fsp3) is 0.600. The van der Waals surface area contributed by atoms with Gasteiger partial charge in [-0.05, 0) is 0 Å². The summed E-state index contributed by atoms with van der Waals surface area (Å²) in [6.07, 6.45) is 0.0989. The summed E-state index contributed by atoms with van der Waals surface area (Å²) in [6.45, 7) is 0.215. The normalized spacial score (nSPS) is 10.5. The average Bonchev–Trinajstić information content (AvgIpc) is 2.34. The minimum absolute atomic E-state index is 0.0989. The molecule has 62 valence electrons. The molecule has 0 unspecified atom stereocenters. The molecule has 0 bridgehead atoms. The van der Waals surface area contributed by atoms with E-state index in [4.69, 9.17) is 5.21 Å². The summed E-state index contributed by atoms with van der Waals surface area (Å²) in [7, 11) is 2.92. The lowest BCUT2D eigenvalue weighted by Crippen LogP contribution is -2.12. The Morgan fingerprint density at radius 2 is 2.45 bits per heavy atom. The van der Waals surface area contributed by atoms with Crippen molar-refractivity contribution >= 4 is 0 Å². The van der Waals surface area contributed by atoms with E-state index < -0.39 is 0 Å². The van der Waals surface area contributed by atoms with Crippen molar-refractivity contribution in [2.75, 3.05) is 14.2 Å². The number of hydrogen-bond acceptors (Lipinski definition) is 6. The molecule has 1 N–H and O–H groups in total. The first-order valence-electron chi connectivity index (χ1n) is 2.99. The average molecular weight is 159 g/mol. The van der Waals surface area contributed by atoms with Crippen molar-refractivity contribution < 1.29 is 14.5 Å². The Kier molecular flexibility index (Phi) is 2.40. The molecule has 0 saturated heterocycles. The fourth-order valence-electron chi connectivity index (χ4n) is 0.590. The smallest absolute Gasteiger partial charge is 0.417 e. The number of hydrogen-bond donors (Lipinski definition) is 1. The van der Waals surface area contributed by atoms with Crippen molar-refractivity contribution in [3.63, 3.8) is 0 Å². The van der Waals surface area contributed by atoms with Crippen LogP contribution in [0.2, 0.25) is 0 Å². The van der Waals surface area contributed by atoms with Gasteiger partial charge in [0.2, 0.25) is 0 Å². The van der Waals surface area contributed by atoms with Crippen LogP contribution in [0.1, 0.15) is 5.82 Å². The lowest BCUT2D eigenvalue weighted by atomic mass is 10.6. The third-order valence-corrected chi connectivity index (χ3v) is 0.994. The van der Waals surface area contributed by atoms with Gasteiger partial charge in [-0.25, -0.2) is 0 Å². The van der Waals surface area contributed by atoms with Gasteiger partial charge in [-0.2, -0.15) is 10.0 Å². The summed E-state index contributed by atoms with van der Waals surface area (Å²) < 4.78 is 9.23. The molecule has 11 heavy (non-hydrogen) atoms. The predicted molar refractivity (Wildman–Crippen MR) is 34.1 cm³/mol. The Balaban J connectivity index is 2.58. The van der Waals surface area contributed by atoms with Crippen molar-refractivity contribution in [3.05, 3.63) is 5.82 Å². The van der Waals surface area contributed by atoms with E-state index in [1.54, 1.807) is 0 Å². The molecule has 0 aliphatic rings. The number of rotatable bonds is 3. The van der Waals surface area contributed by atoms with Crippen LogP contribution in [0.4, 0.5) is 0 Å². The molecule has 0 aliphatic heterocycles. The lowest BCUT2D eigenvalue weighted by Gasteiger charge is -2.01. The van der Waals surface area contributed by atoms with Gasteiger partial charge in [0, 0.05) is 7.05 Å². The van der Waals surface area contributed by atoms with Crippen LogP contribution in [0.15, 0.2) is 4.52 Å². The van der Waals surface area contributed by atoms with Crippen molar-refractivity contribution in [3.8, 4) is 6.08 Å². The summed E-state index contributed by atoms with van der Waals surface area (Å²) >= 11 is 0. The Labute approximate surface area is 63.3 Å². The third kappa shape index (κ3) is 2.17. The summed E-state index contributed by atoms with van der Waals surface area (Å²) in [5.74, 6) is 0.381. The molecule has 0 aliphatic carbocycles. The van der Waals surface area contributed by atoms with E-state index in [1.807, 2.05) is 0 Å². The second-order valence-corrected chi connectivity index (χ2v) is 2.00. The molecule has 1 aromatic rings. The highest BCUT2D eigenvalue weighted by Gasteiger charge is 2.06. The molecule has 0 fully saturated rings. The minimum Gasteiger partial charge on any atom is -0.452 e. The SMILES string of the molecule is COc1nc(CN(C)O)no1. The second kappa shape index (κ2) is 3.31. The van der Waals surface area contributed by atoms with Crippen LogP contribution in [-0.4, -0.2) is 34.6 Å². The van der Waals surface area contributed by atoms with E-state index in [0.29, 0.717) is 5.82 Å². The highest BCUT2D eigenvalue weighted by Crippen LogP contribution is 2.05. The zero-order valence-electron chi connectivity index (χ0n) is 6.31. The maximum Gasteiger partial charge on any atom is 0.417 e. The Hall–Kier alpha value is -1.14. The van der Waals surface area contributed by atoms with Crippen molar-refractivity contribution in [2.45, 2.75) is 6.54 Å². The molecular weight excluding hydrogens is 150 g/mol. The van der Waals surface area contributed by atoms with E-state index >= 15 is 0 Å². The largest absolute Gasteiger partial charge is 0.452 e. The highest BCUT2D eigenvalue weighted by molar-refractivity contribution is 4.88. The van der Waals surface area contributed by atoms with Crippen LogP contribution in [0.25, 0.3) is 0 Å². The number of ether oxygens (including phenoxy) is 1. The van der Waals surface area contributed by atoms with E-state index in [1.165, 1.54) is 14.2 Å². The number of nitrogens with zero attached hydrogens (tertiary/aromatic N) is 3. The zero-order valence-corrected chi connectivity index (χ0v) is 6.31. The molecule has 0 spiro atoms. The summed E-state index contributed by atoms with van der Waals surface area (Å²) in [5.41, 5.74) is 0. The van der Waals surface area contributed by atoms with Gasteiger partial charge < -0.3 is 9.94 Å². The first kappa shape index (κ1) is 7.96. The molecule has 1 aromatic heterocycles. The zero-order chi connectivity index (χ0) is 8.27. The molecule has 6 heteroatoms. The predicted octanol–water partition coefficient (Wildman–Crippen LogP) is -0.101. The van der Waals surface area contributed by atoms with Crippen molar-refractivity contribution in [1.29, 1.82) is 0 Å². The third-order valence-electron chi connectivity index (χ3n) is 0.994. The first-order valence-corrected chi connectivity index (χ1v) is 2.99. The molecule has 1 rings (SSSR count). The molecule has 0 saturated carbocycles. The molecule has 0 radical (unpaired) electrons. The Morgan fingerprint density at radius 1 is 1.73 bits per heavy atom. The van der Waals surface area contributed by atoms with Crippen LogP contribution in [-0.2, 0) is 6.54 Å². The maximum atomic E-state index is 8.76. The molecule has 0 aromatic carbocycles. The standard InChI is InChI=1S/C5H9N3O3/c1-8(9)3-4-6-5(10-2)11-7-4/h9H,3H2,1-2H3. The van der Waals surface area contributed by atoms with Gasteiger partial charge in [0.25, 0.3) is 0 Å². The highest BCUT2D eigenvalue weighted by atomic mass is 16.6. The van der Waals surface area contributed by atoms with Gasteiger partial charge in [0.15, 0.2) is 5.82 Å². The molecule has 1 heterocycles. The van der Waals surface area contributed by atoms with Crippen LogP contribution in [0, 0.1) is 0 Å². The number of aromatic nitrogens is 2. The van der Waals surface area contributed by atoms with Gasteiger partial charge in [-0.3, -0.25) is 4.52 Å². The first-order chi connectivity index (χ1) is 5.22. The minimum atomic E-state index is 0.0989. The van der Waals surface area contributed by atoms with Crippen LogP contribution in [0.5, 0.6) is 6.08 Å². The second-order valence-electron chi connectivity index (χ2n) is 2.00. The van der Waals surface area contributed by atoms with E-state index in [2.05, 4.69) is 19.4 Å². The topological polar surface area (TPSA) is 71.6 Å². The summed E-state index contributed by atoms with van der Waals surface area (Å²) in [4.78, 5) is 3.77. The van der Waals surface area contributed by atoms with E-state index in [-0.39, 0.29) is 12.6 Å². The van der Waals surface area contributed by atoms with Gasteiger partial charge in [-0.1, -0.05) is 5.16 Å². The quantitative estimate of drug-likeness (QED) is 0.621. The molecule has 0 amide bonds. The van der Waals surface area contributed by atoms with Crippen molar-refractivity contribution in [2.24, 2.45) is 0 Å². The van der Waals surface area contributed by atoms with E-state index in [0.717, 1.165) is 5.06 Å². The van der Waals surface area contributed by atoms with Crippen LogP contribution < -0.4 is 4.74 Å². The van der Waals surface area contributed by atoms with Gasteiger partial charge in [-0.15, -0.1) is 0 Å². The number of hydroxylamine groups is 2. The summed E-state index contributed by atoms with van der Waals surface area (Å²) in [5, 5.41) is 13.2. The molecular formula is C5H9N3O3. The van der Waals surface area contributed by atoms with Gasteiger partial charge >= 0.3 is 6.08 Å². The van der Waals surface area contributed by atoms with Gasteiger partial charge in [0.1, 0.15) is 0 Å². The van der Waals surface area contributed by atoms with Crippen LogP contribution in [0.3, 0.4) is 0 Å². The fourth-order valence-corrected chi connectivity index (χ4v) is 0.590. The maximum absolute atomic E-state index is 8.76. The number of methoxy groups -OCH3 is 1.